The van der Waals surface area contributed by atoms with Crippen LogP contribution in [0.4, 0.5) is 0 Å². The quantitative estimate of drug-likeness (QED) is 0.307. The summed E-state index contributed by atoms with van der Waals surface area (Å²) in [5.41, 5.74) is 5.64. The minimum Gasteiger partial charge on any atom is -0.379 e. The van der Waals surface area contributed by atoms with Crippen LogP contribution in [0.25, 0.3) is 0 Å². The van der Waals surface area contributed by atoms with Crippen molar-refractivity contribution in [1.29, 1.82) is 0 Å². The molecule has 0 spiro atoms. The number of aliphatic imine (C=N–C) groups is 1. The Morgan fingerprint density at radius 2 is 2.12 bits per heavy atom. The molecular formula is C11H26IN3O. The van der Waals surface area contributed by atoms with Crippen LogP contribution in [0, 0.1) is 5.92 Å². The van der Waals surface area contributed by atoms with E-state index in [1.807, 2.05) is 0 Å². The Bertz CT molecular complexity index is 175. The number of nitrogens with zero attached hydrogens (tertiary/aromatic N) is 1. The third-order valence-electron chi connectivity index (χ3n) is 1.80. The van der Waals surface area contributed by atoms with Crippen LogP contribution in [0.15, 0.2) is 4.99 Å². The zero-order chi connectivity index (χ0) is 11.5. The van der Waals surface area contributed by atoms with Crippen LogP contribution >= 0.6 is 24.0 Å². The summed E-state index contributed by atoms with van der Waals surface area (Å²) in [6, 6.07) is 0. The molecule has 0 atom stereocenters. The molecule has 0 bridgehead atoms. The van der Waals surface area contributed by atoms with Gasteiger partial charge in [-0.1, -0.05) is 27.2 Å². The van der Waals surface area contributed by atoms with Crippen molar-refractivity contribution < 1.29 is 4.74 Å². The first-order valence-corrected chi connectivity index (χ1v) is 5.78. The smallest absolute Gasteiger partial charge is 0.188 e. The summed E-state index contributed by atoms with van der Waals surface area (Å²) in [4.78, 5) is 4.17. The first-order chi connectivity index (χ1) is 7.16. The van der Waals surface area contributed by atoms with E-state index < -0.39 is 0 Å². The molecule has 0 aliphatic heterocycles. The van der Waals surface area contributed by atoms with Crippen molar-refractivity contribution in [3.63, 3.8) is 0 Å². The molecule has 0 aliphatic carbocycles. The van der Waals surface area contributed by atoms with Crippen molar-refractivity contribution in [3.05, 3.63) is 0 Å². The highest BCUT2D eigenvalue weighted by Crippen LogP contribution is 1.91. The summed E-state index contributed by atoms with van der Waals surface area (Å²) in [6.45, 7) is 9.42. The fraction of sp³-hybridized carbons (Fsp3) is 0.909. The van der Waals surface area contributed by atoms with Gasteiger partial charge in [-0.3, -0.25) is 4.99 Å². The molecular weight excluding hydrogens is 317 g/mol. The molecule has 0 saturated carbocycles. The highest BCUT2D eigenvalue weighted by Gasteiger charge is 1.94. The zero-order valence-electron chi connectivity index (χ0n) is 10.7. The van der Waals surface area contributed by atoms with Crippen molar-refractivity contribution in [1.82, 2.24) is 5.32 Å². The van der Waals surface area contributed by atoms with Crippen LogP contribution in [-0.2, 0) is 4.74 Å². The van der Waals surface area contributed by atoms with Crippen LogP contribution in [0.2, 0.25) is 0 Å². The van der Waals surface area contributed by atoms with E-state index in [4.69, 9.17) is 10.5 Å². The van der Waals surface area contributed by atoms with Gasteiger partial charge in [0, 0.05) is 19.7 Å². The van der Waals surface area contributed by atoms with E-state index in [2.05, 4.69) is 31.1 Å². The van der Waals surface area contributed by atoms with Gasteiger partial charge in [-0.2, -0.15) is 0 Å². The lowest BCUT2D eigenvalue weighted by molar-refractivity contribution is 0.114. The Kier molecular flexibility index (Phi) is 14.9. The summed E-state index contributed by atoms with van der Waals surface area (Å²) in [5.74, 6) is 1.11. The fourth-order valence-electron chi connectivity index (χ4n) is 0.984. The number of guanidine groups is 1. The minimum absolute atomic E-state index is 0. The normalized spacial score (nSPS) is 11.4. The molecule has 3 N–H and O–H groups in total. The van der Waals surface area contributed by atoms with E-state index in [0.717, 1.165) is 32.5 Å². The number of rotatable bonds is 8. The lowest BCUT2D eigenvalue weighted by Crippen LogP contribution is -2.34. The maximum Gasteiger partial charge on any atom is 0.188 e. The third-order valence-corrected chi connectivity index (χ3v) is 1.80. The fourth-order valence-corrected chi connectivity index (χ4v) is 0.984. The van der Waals surface area contributed by atoms with Crippen molar-refractivity contribution in [2.24, 2.45) is 16.6 Å². The van der Waals surface area contributed by atoms with E-state index >= 15 is 0 Å². The van der Waals surface area contributed by atoms with Crippen molar-refractivity contribution in [2.75, 3.05) is 26.3 Å². The van der Waals surface area contributed by atoms with E-state index in [-0.39, 0.29) is 24.0 Å². The first kappa shape index (κ1) is 18.3. The Hall–Kier alpha value is -0.0400. The van der Waals surface area contributed by atoms with Crippen molar-refractivity contribution in [3.8, 4) is 0 Å². The highest BCUT2D eigenvalue weighted by atomic mass is 127. The maximum absolute atomic E-state index is 5.64. The predicted molar refractivity (Wildman–Crippen MR) is 80.5 cm³/mol. The molecule has 0 heterocycles. The molecule has 0 unspecified atom stereocenters. The van der Waals surface area contributed by atoms with Gasteiger partial charge in [0.25, 0.3) is 0 Å². The van der Waals surface area contributed by atoms with Crippen LogP contribution in [0.3, 0.4) is 0 Å². The van der Waals surface area contributed by atoms with Crippen LogP contribution in [0.5, 0.6) is 0 Å². The number of hydrogen-bond acceptors (Lipinski definition) is 2. The van der Waals surface area contributed by atoms with Gasteiger partial charge in [-0.15, -0.1) is 24.0 Å². The number of nitrogens with one attached hydrogen (secondary N) is 1. The molecule has 0 aromatic rings. The average Bonchev–Trinajstić information content (AvgIpc) is 2.17. The van der Waals surface area contributed by atoms with Crippen molar-refractivity contribution >= 4 is 29.9 Å². The summed E-state index contributed by atoms with van der Waals surface area (Å²) in [7, 11) is 0. The van der Waals surface area contributed by atoms with Gasteiger partial charge < -0.3 is 15.8 Å². The zero-order valence-corrected chi connectivity index (χ0v) is 13.0. The molecule has 0 aliphatic rings. The SMILES string of the molecule is CCCCN=C(N)NCCOCC(C)C.I. The molecule has 0 fully saturated rings. The standard InChI is InChI=1S/C11H25N3O.HI/c1-4-5-6-13-11(12)14-7-8-15-9-10(2)3;/h10H,4-9H2,1-3H3,(H3,12,13,14);1H. The van der Waals surface area contributed by atoms with Gasteiger partial charge in [-0.05, 0) is 12.3 Å². The number of ether oxygens (including phenoxy) is 1. The summed E-state index contributed by atoms with van der Waals surface area (Å²) >= 11 is 0. The number of halogens is 1. The highest BCUT2D eigenvalue weighted by molar-refractivity contribution is 14.0. The molecule has 0 aromatic carbocycles. The second-order valence-corrected chi connectivity index (χ2v) is 4.02. The largest absolute Gasteiger partial charge is 0.379 e. The molecule has 0 saturated heterocycles. The van der Waals surface area contributed by atoms with E-state index in [0.29, 0.717) is 18.5 Å². The van der Waals surface area contributed by atoms with Crippen molar-refractivity contribution in [2.45, 2.75) is 33.6 Å². The van der Waals surface area contributed by atoms with Gasteiger partial charge in [0.05, 0.1) is 6.61 Å². The van der Waals surface area contributed by atoms with Gasteiger partial charge in [0.15, 0.2) is 5.96 Å². The predicted octanol–water partition coefficient (Wildman–Crippen LogP) is 1.98. The Morgan fingerprint density at radius 3 is 2.69 bits per heavy atom. The molecule has 5 heteroatoms. The molecule has 0 radical (unpaired) electrons. The Balaban J connectivity index is 0. The van der Waals surface area contributed by atoms with E-state index in [1.54, 1.807) is 0 Å². The molecule has 0 amide bonds. The average molecular weight is 343 g/mol. The Morgan fingerprint density at radius 1 is 1.44 bits per heavy atom. The lowest BCUT2D eigenvalue weighted by Gasteiger charge is -2.08. The molecule has 4 nitrogen and oxygen atoms in total. The summed E-state index contributed by atoms with van der Waals surface area (Å²) in [6.07, 6.45) is 2.24. The summed E-state index contributed by atoms with van der Waals surface area (Å²) < 4.78 is 5.40. The van der Waals surface area contributed by atoms with Gasteiger partial charge >= 0.3 is 0 Å². The maximum atomic E-state index is 5.64. The second-order valence-electron chi connectivity index (χ2n) is 4.02. The van der Waals surface area contributed by atoms with Gasteiger partial charge in [0.2, 0.25) is 0 Å². The van der Waals surface area contributed by atoms with E-state index in [9.17, 15) is 0 Å². The first-order valence-electron chi connectivity index (χ1n) is 5.78. The lowest BCUT2D eigenvalue weighted by atomic mass is 10.2. The molecule has 0 rings (SSSR count). The Labute approximate surface area is 116 Å². The van der Waals surface area contributed by atoms with Crippen LogP contribution in [-0.4, -0.2) is 32.3 Å². The second kappa shape index (κ2) is 13.0. The van der Waals surface area contributed by atoms with Crippen LogP contribution in [0.1, 0.15) is 33.6 Å². The molecule has 16 heavy (non-hydrogen) atoms. The topological polar surface area (TPSA) is 59.6 Å². The number of nitrogens with two attached hydrogens (primary N) is 1. The number of unbranched alkanes of at least 4 members (excludes halogenated alkanes) is 1. The summed E-state index contributed by atoms with van der Waals surface area (Å²) in [5, 5.41) is 3.02. The minimum atomic E-state index is 0. The van der Waals surface area contributed by atoms with Gasteiger partial charge in [-0.25, -0.2) is 0 Å². The number of hydrogen-bond donors (Lipinski definition) is 2. The van der Waals surface area contributed by atoms with Crippen LogP contribution < -0.4 is 11.1 Å². The molecule has 98 valence electrons. The monoisotopic (exact) mass is 343 g/mol. The van der Waals surface area contributed by atoms with Gasteiger partial charge in [0.1, 0.15) is 0 Å². The van der Waals surface area contributed by atoms with E-state index in [1.165, 1.54) is 0 Å². The molecule has 0 aromatic heterocycles. The third kappa shape index (κ3) is 14.0.